The van der Waals surface area contributed by atoms with Gasteiger partial charge in [-0.15, -0.1) is 0 Å². The summed E-state index contributed by atoms with van der Waals surface area (Å²) in [6, 6.07) is 16.6. The van der Waals surface area contributed by atoms with Crippen molar-refractivity contribution in [1.29, 1.82) is 0 Å². The van der Waals surface area contributed by atoms with Crippen LogP contribution in [0.4, 0.5) is 11.4 Å². The lowest BCUT2D eigenvalue weighted by Crippen LogP contribution is -2.33. The van der Waals surface area contributed by atoms with Crippen LogP contribution in [0.25, 0.3) is 0 Å². The van der Waals surface area contributed by atoms with Crippen molar-refractivity contribution in [2.45, 2.75) is 39.5 Å². The van der Waals surface area contributed by atoms with E-state index in [-0.39, 0.29) is 5.91 Å². The van der Waals surface area contributed by atoms with E-state index in [1.165, 1.54) is 5.56 Å². The monoisotopic (exact) mass is 395 g/mol. The normalized spacial score (nSPS) is 14.8. The molecule has 2 aromatic carbocycles. The summed E-state index contributed by atoms with van der Waals surface area (Å²) in [6.07, 6.45) is 3.73. The van der Waals surface area contributed by atoms with E-state index in [0.717, 1.165) is 49.3 Å². The van der Waals surface area contributed by atoms with Crippen molar-refractivity contribution in [1.82, 2.24) is 5.32 Å². The molecule has 3 rings (SSSR count). The first kappa shape index (κ1) is 20.3. The van der Waals surface area contributed by atoms with E-state index in [9.17, 15) is 4.79 Å². The van der Waals surface area contributed by atoms with Gasteiger partial charge >= 0.3 is 0 Å². The zero-order valence-electron chi connectivity index (χ0n) is 16.7. The Hall–Kier alpha value is -2.40. The fraction of sp³-hybridized carbons (Fsp3) is 0.391. The molecule has 1 saturated heterocycles. The van der Waals surface area contributed by atoms with E-state index >= 15 is 0 Å². The van der Waals surface area contributed by atoms with E-state index in [1.807, 2.05) is 24.0 Å². The van der Waals surface area contributed by atoms with Crippen molar-refractivity contribution < 1.29 is 4.79 Å². The van der Waals surface area contributed by atoms with E-state index in [4.69, 9.17) is 12.2 Å². The summed E-state index contributed by atoms with van der Waals surface area (Å²) in [5.74, 6) is 0.748. The molecule has 1 aliphatic heterocycles. The smallest absolute Gasteiger partial charge is 0.227 e. The molecule has 0 saturated carbocycles. The van der Waals surface area contributed by atoms with E-state index in [1.54, 1.807) is 0 Å². The van der Waals surface area contributed by atoms with Gasteiger partial charge < -0.3 is 15.5 Å². The number of benzene rings is 2. The number of nitrogens with one attached hydrogen (secondary N) is 2. The zero-order valence-corrected chi connectivity index (χ0v) is 17.5. The number of nitrogens with zero attached hydrogens (tertiary/aromatic N) is 1. The van der Waals surface area contributed by atoms with Gasteiger partial charge in [-0.1, -0.05) is 43.7 Å². The quantitative estimate of drug-likeness (QED) is 0.668. The van der Waals surface area contributed by atoms with Crippen molar-refractivity contribution in [3.8, 4) is 0 Å². The number of hydrogen-bond donors (Lipinski definition) is 2. The lowest BCUT2D eigenvalue weighted by atomic mass is 9.97. The van der Waals surface area contributed by atoms with Gasteiger partial charge in [0.2, 0.25) is 5.91 Å². The molecule has 1 aliphatic rings. The molecule has 0 aliphatic carbocycles. The van der Waals surface area contributed by atoms with Crippen molar-refractivity contribution >= 4 is 34.6 Å². The number of hydrogen-bond acceptors (Lipinski definition) is 2. The molecule has 4 nitrogen and oxygen atoms in total. The van der Waals surface area contributed by atoms with Gasteiger partial charge in [-0.25, -0.2) is 0 Å². The van der Waals surface area contributed by atoms with Gasteiger partial charge in [0.05, 0.1) is 0 Å². The third-order valence-corrected chi connectivity index (χ3v) is 5.56. The fourth-order valence-electron chi connectivity index (χ4n) is 3.66. The summed E-state index contributed by atoms with van der Waals surface area (Å²) in [5.41, 5.74) is 4.39. The maximum Gasteiger partial charge on any atom is 0.227 e. The van der Waals surface area contributed by atoms with Crippen LogP contribution < -0.4 is 15.5 Å². The first-order valence-corrected chi connectivity index (χ1v) is 10.5. The zero-order chi connectivity index (χ0) is 19.9. The molecule has 28 heavy (non-hydrogen) atoms. The molecule has 2 aromatic rings. The molecule has 2 N–H and O–H groups in total. The molecule has 148 valence electrons. The molecule has 0 radical (unpaired) electrons. The molecule has 0 unspecified atom stereocenters. The van der Waals surface area contributed by atoms with Crippen LogP contribution in [0.1, 0.15) is 37.3 Å². The van der Waals surface area contributed by atoms with Gasteiger partial charge in [0, 0.05) is 30.9 Å². The second kappa shape index (κ2) is 9.69. The van der Waals surface area contributed by atoms with E-state index < -0.39 is 0 Å². The van der Waals surface area contributed by atoms with Crippen LogP contribution in [0.15, 0.2) is 48.5 Å². The second-order valence-corrected chi connectivity index (χ2v) is 7.86. The van der Waals surface area contributed by atoms with Gasteiger partial charge in [-0.2, -0.15) is 0 Å². The van der Waals surface area contributed by atoms with Crippen LogP contribution >= 0.6 is 12.2 Å². The molecule has 1 atom stereocenters. The van der Waals surface area contributed by atoms with Crippen molar-refractivity contribution in [3.63, 3.8) is 0 Å². The Kier molecular flexibility index (Phi) is 7.04. The van der Waals surface area contributed by atoms with Gasteiger partial charge in [-0.05, 0) is 67.2 Å². The first-order chi connectivity index (χ1) is 13.6. The molecule has 0 bridgehead atoms. The Morgan fingerprint density at radius 3 is 2.64 bits per heavy atom. The summed E-state index contributed by atoms with van der Waals surface area (Å²) in [7, 11) is 0. The van der Waals surface area contributed by atoms with Gasteiger partial charge in [-0.3, -0.25) is 4.79 Å². The largest absolute Gasteiger partial charge is 0.362 e. The standard InChI is InChI=1S/C23H29N3OS/c1-3-18(15-19-8-5-4-6-9-19)16-24-23(28)25-20-11-12-21(17(2)14-20)26-13-7-10-22(26)27/h4-6,8-9,11-12,14,18H,3,7,10,13,15-16H2,1-2H3,(H2,24,25,28)/t18-/m0/s1. The Bertz CT molecular complexity index is 822. The number of aryl methyl sites for hydroxylation is 1. The van der Waals surface area contributed by atoms with Crippen LogP contribution in [-0.2, 0) is 11.2 Å². The Labute approximate surface area is 173 Å². The van der Waals surface area contributed by atoms with Crippen LogP contribution in [-0.4, -0.2) is 24.1 Å². The highest BCUT2D eigenvalue weighted by atomic mass is 32.1. The van der Waals surface area contributed by atoms with Crippen LogP contribution in [0.3, 0.4) is 0 Å². The molecule has 0 aromatic heterocycles. The van der Waals surface area contributed by atoms with Crippen LogP contribution in [0, 0.1) is 12.8 Å². The summed E-state index contributed by atoms with van der Waals surface area (Å²) < 4.78 is 0. The number of anilines is 2. The second-order valence-electron chi connectivity index (χ2n) is 7.45. The average Bonchev–Trinajstić information content (AvgIpc) is 3.11. The topological polar surface area (TPSA) is 44.4 Å². The van der Waals surface area contributed by atoms with Gasteiger partial charge in [0.1, 0.15) is 0 Å². The Morgan fingerprint density at radius 1 is 1.21 bits per heavy atom. The molecule has 5 heteroatoms. The maximum absolute atomic E-state index is 12.0. The number of amides is 1. The highest BCUT2D eigenvalue weighted by molar-refractivity contribution is 7.80. The minimum atomic E-state index is 0.213. The Balaban J connectivity index is 1.52. The highest BCUT2D eigenvalue weighted by Gasteiger charge is 2.22. The molecule has 0 spiro atoms. The van der Waals surface area contributed by atoms with Crippen LogP contribution in [0.2, 0.25) is 0 Å². The SMILES string of the molecule is CC[C@H](CNC(=S)Nc1ccc(N2CCCC2=O)c(C)c1)Cc1ccccc1. The highest BCUT2D eigenvalue weighted by Crippen LogP contribution is 2.27. The Morgan fingerprint density at radius 2 is 2.00 bits per heavy atom. The summed E-state index contributed by atoms with van der Waals surface area (Å²) in [4.78, 5) is 13.9. The summed E-state index contributed by atoms with van der Waals surface area (Å²) >= 11 is 5.48. The van der Waals surface area contributed by atoms with Crippen molar-refractivity contribution in [2.75, 3.05) is 23.3 Å². The summed E-state index contributed by atoms with van der Waals surface area (Å²) in [5, 5.41) is 7.26. The molecule has 1 amide bonds. The lowest BCUT2D eigenvalue weighted by molar-refractivity contribution is -0.117. The number of carbonyl (C=O) groups excluding carboxylic acids is 1. The average molecular weight is 396 g/mol. The molecule has 1 heterocycles. The minimum Gasteiger partial charge on any atom is -0.362 e. The predicted octanol–water partition coefficient (Wildman–Crippen LogP) is 4.68. The fourth-order valence-corrected chi connectivity index (χ4v) is 3.86. The first-order valence-electron chi connectivity index (χ1n) is 10.1. The van der Waals surface area contributed by atoms with Crippen LogP contribution in [0.5, 0.6) is 0 Å². The molecular formula is C23H29N3OS. The maximum atomic E-state index is 12.0. The number of rotatable bonds is 7. The van der Waals surface area contributed by atoms with Gasteiger partial charge in [0.25, 0.3) is 0 Å². The van der Waals surface area contributed by atoms with E-state index in [2.05, 4.69) is 54.0 Å². The number of carbonyl (C=O) groups is 1. The van der Waals surface area contributed by atoms with Crippen molar-refractivity contribution in [2.24, 2.45) is 5.92 Å². The third kappa shape index (κ3) is 5.32. The van der Waals surface area contributed by atoms with Crippen molar-refractivity contribution in [3.05, 3.63) is 59.7 Å². The minimum absolute atomic E-state index is 0.213. The predicted molar refractivity (Wildman–Crippen MR) is 121 cm³/mol. The number of thiocarbonyl (C=S) groups is 1. The molecule has 1 fully saturated rings. The molecular weight excluding hydrogens is 366 g/mol. The lowest BCUT2D eigenvalue weighted by Gasteiger charge is -2.20. The third-order valence-electron chi connectivity index (χ3n) is 5.31. The summed E-state index contributed by atoms with van der Waals surface area (Å²) in [6.45, 7) is 5.91. The van der Waals surface area contributed by atoms with Gasteiger partial charge in [0.15, 0.2) is 5.11 Å². The van der Waals surface area contributed by atoms with E-state index in [0.29, 0.717) is 17.5 Å².